The quantitative estimate of drug-likeness (QED) is 0.748. The molecule has 0 radical (unpaired) electrons. The summed E-state index contributed by atoms with van der Waals surface area (Å²) in [5, 5.41) is 0. The number of hydrogen-bond donors (Lipinski definition) is 1. The monoisotopic (exact) mass is 177 g/mol. The van der Waals surface area contributed by atoms with E-state index < -0.39 is 0 Å². The minimum Gasteiger partial charge on any atom is -0.497 e. The van der Waals surface area contributed by atoms with Crippen molar-refractivity contribution in [3.63, 3.8) is 0 Å². The lowest BCUT2D eigenvalue weighted by molar-refractivity contribution is 0.414. The van der Waals surface area contributed by atoms with E-state index in [1.54, 1.807) is 7.11 Å². The first kappa shape index (κ1) is 8.57. The highest BCUT2D eigenvalue weighted by atomic mass is 16.5. The molecule has 0 unspecified atom stereocenters. The van der Waals surface area contributed by atoms with Crippen molar-refractivity contribution in [2.45, 2.75) is 18.9 Å². The van der Waals surface area contributed by atoms with Crippen LogP contribution in [-0.4, -0.2) is 7.11 Å². The molecule has 0 bridgehead atoms. The van der Waals surface area contributed by atoms with Crippen LogP contribution in [0.15, 0.2) is 24.3 Å². The molecule has 0 aromatic heterocycles. The molecule has 0 amide bonds. The van der Waals surface area contributed by atoms with Gasteiger partial charge in [0.2, 0.25) is 0 Å². The molecule has 1 saturated carbocycles. The minimum atomic E-state index is -0.0632. The molecule has 1 aromatic carbocycles. The average molecular weight is 177 g/mol. The van der Waals surface area contributed by atoms with E-state index in [0.29, 0.717) is 5.92 Å². The number of rotatable bonds is 2. The fourth-order valence-electron chi connectivity index (χ4n) is 1.75. The van der Waals surface area contributed by atoms with Crippen LogP contribution in [0.25, 0.3) is 0 Å². The highest BCUT2D eigenvalue weighted by Crippen LogP contribution is 2.49. The Hall–Kier alpha value is -1.02. The van der Waals surface area contributed by atoms with Crippen LogP contribution in [-0.2, 0) is 5.54 Å². The van der Waals surface area contributed by atoms with E-state index in [9.17, 15) is 0 Å². The highest BCUT2D eigenvalue weighted by Gasteiger charge is 2.48. The Morgan fingerprint density at radius 3 is 2.31 bits per heavy atom. The molecule has 1 aliphatic carbocycles. The highest BCUT2D eigenvalue weighted by molar-refractivity contribution is 5.35. The molecule has 2 atom stereocenters. The van der Waals surface area contributed by atoms with Crippen LogP contribution in [0.5, 0.6) is 5.75 Å². The first-order chi connectivity index (χ1) is 6.16. The molecule has 1 aromatic rings. The van der Waals surface area contributed by atoms with E-state index in [0.717, 1.165) is 12.2 Å². The van der Waals surface area contributed by atoms with Gasteiger partial charge in [-0.15, -0.1) is 0 Å². The molecule has 2 N–H and O–H groups in total. The average Bonchev–Trinajstić information content (AvgIpc) is 2.76. The molecule has 1 aliphatic rings. The van der Waals surface area contributed by atoms with E-state index in [2.05, 4.69) is 19.1 Å². The molecule has 0 saturated heterocycles. The molecular weight excluding hydrogens is 162 g/mol. The van der Waals surface area contributed by atoms with E-state index in [1.807, 2.05) is 12.1 Å². The second-order valence-electron chi connectivity index (χ2n) is 3.87. The fourth-order valence-corrected chi connectivity index (χ4v) is 1.75. The zero-order valence-corrected chi connectivity index (χ0v) is 8.08. The van der Waals surface area contributed by atoms with Crippen molar-refractivity contribution < 1.29 is 4.74 Å². The van der Waals surface area contributed by atoms with Gasteiger partial charge < -0.3 is 10.5 Å². The summed E-state index contributed by atoms with van der Waals surface area (Å²) < 4.78 is 5.09. The Labute approximate surface area is 78.7 Å². The Morgan fingerprint density at radius 1 is 1.38 bits per heavy atom. The molecule has 1 fully saturated rings. The fraction of sp³-hybridized carbons (Fsp3) is 0.455. The summed E-state index contributed by atoms with van der Waals surface area (Å²) in [6, 6.07) is 8.05. The van der Waals surface area contributed by atoms with Crippen LogP contribution in [0.1, 0.15) is 18.9 Å². The van der Waals surface area contributed by atoms with Gasteiger partial charge in [-0.25, -0.2) is 0 Å². The number of nitrogens with two attached hydrogens (primary N) is 1. The van der Waals surface area contributed by atoms with Crippen molar-refractivity contribution in [3.05, 3.63) is 29.8 Å². The van der Waals surface area contributed by atoms with E-state index in [1.165, 1.54) is 5.56 Å². The number of hydrogen-bond acceptors (Lipinski definition) is 2. The summed E-state index contributed by atoms with van der Waals surface area (Å²) in [5.74, 6) is 1.50. The van der Waals surface area contributed by atoms with E-state index in [4.69, 9.17) is 10.5 Å². The maximum atomic E-state index is 6.16. The minimum absolute atomic E-state index is 0.0632. The van der Waals surface area contributed by atoms with Gasteiger partial charge >= 0.3 is 0 Å². The first-order valence-corrected chi connectivity index (χ1v) is 4.60. The zero-order valence-electron chi connectivity index (χ0n) is 8.08. The molecule has 0 aliphatic heterocycles. The van der Waals surface area contributed by atoms with Crippen LogP contribution >= 0.6 is 0 Å². The lowest BCUT2D eigenvalue weighted by Crippen LogP contribution is -2.21. The number of benzene rings is 1. The van der Waals surface area contributed by atoms with Crippen LogP contribution < -0.4 is 10.5 Å². The van der Waals surface area contributed by atoms with Crippen LogP contribution in [0, 0.1) is 5.92 Å². The third-order valence-electron chi connectivity index (χ3n) is 2.99. The van der Waals surface area contributed by atoms with Crippen molar-refractivity contribution in [2.75, 3.05) is 7.11 Å². The van der Waals surface area contributed by atoms with Gasteiger partial charge in [0.1, 0.15) is 5.75 Å². The van der Waals surface area contributed by atoms with Crippen molar-refractivity contribution in [1.82, 2.24) is 0 Å². The van der Waals surface area contributed by atoms with Crippen molar-refractivity contribution in [3.8, 4) is 5.75 Å². The molecule has 0 heterocycles. The maximum absolute atomic E-state index is 6.16. The van der Waals surface area contributed by atoms with Crippen molar-refractivity contribution in [1.29, 1.82) is 0 Å². The molecule has 0 spiro atoms. The second-order valence-corrected chi connectivity index (χ2v) is 3.87. The van der Waals surface area contributed by atoms with Gasteiger partial charge in [-0.2, -0.15) is 0 Å². The predicted octanol–water partition coefficient (Wildman–Crippen LogP) is 1.89. The van der Waals surface area contributed by atoms with Gasteiger partial charge in [0.25, 0.3) is 0 Å². The molecule has 2 rings (SSSR count). The van der Waals surface area contributed by atoms with Crippen LogP contribution in [0.4, 0.5) is 0 Å². The topological polar surface area (TPSA) is 35.2 Å². The first-order valence-electron chi connectivity index (χ1n) is 4.60. The van der Waals surface area contributed by atoms with Gasteiger partial charge in [0, 0.05) is 5.54 Å². The second kappa shape index (κ2) is 2.74. The summed E-state index contributed by atoms with van der Waals surface area (Å²) in [5.41, 5.74) is 7.32. The SMILES string of the molecule is COc1ccc([C@@]2(N)C[C@@H]2C)cc1. The maximum Gasteiger partial charge on any atom is 0.118 e. The Bertz CT molecular complexity index is 306. The number of ether oxygens (including phenoxy) is 1. The third-order valence-corrected chi connectivity index (χ3v) is 2.99. The summed E-state index contributed by atoms with van der Waals surface area (Å²) in [6.45, 7) is 2.18. The predicted molar refractivity (Wildman–Crippen MR) is 52.6 cm³/mol. The lowest BCUT2D eigenvalue weighted by atomic mass is 10.0. The largest absolute Gasteiger partial charge is 0.497 e. The van der Waals surface area contributed by atoms with Gasteiger partial charge in [-0.05, 0) is 30.0 Å². The Balaban J connectivity index is 2.24. The standard InChI is InChI=1S/C11H15NO/c1-8-7-11(8,12)9-3-5-10(13-2)6-4-9/h3-6,8H,7,12H2,1-2H3/t8-,11+/m0/s1. The molecular formula is C11H15NO. The molecule has 13 heavy (non-hydrogen) atoms. The number of methoxy groups -OCH3 is 1. The lowest BCUT2D eigenvalue weighted by Gasteiger charge is -2.10. The van der Waals surface area contributed by atoms with Gasteiger partial charge in [0.05, 0.1) is 7.11 Å². The molecule has 2 heteroatoms. The normalized spacial score (nSPS) is 31.5. The smallest absolute Gasteiger partial charge is 0.118 e. The summed E-state index contributed by atoms with van der Waals surface area (Å²) in [7, 11) is 1.67. The van der Waals surface area contributed by atoms with Crippen LogP contribution in [0.3, 0.4) is 0 Å². The van der Waals surface area contributed by atoms with E-state index in [-0.39, 0.29) is 5.54 Å². The van der Waals surface area contributed by atoms with Gasteiger partial charge in [-0.3, -0.25) is 0 Å². The summed E-state index contributed by atoms with van der Waals surface area (Å²) in [4.78, 5) is 0. The van der Waals surface area contributed by atoms with Crippen LogP contribution in [0.2, 0.25) is 0 Å². The third kappa shape index (κ3) is 1.31. The summed E-state index contributed by atoms with van der Waals surface area (Å²) >= 11 is 0. The van der Waals surface area contributed by atoms with Crippen molar-refractivity contribution in [2.24, 2.45) is 11.7 Å². The summed E-state index contributed by atoms with van der Waals surface area (Å²) in [6.07, 6.45) is 1.10. The van der Waals surface area contributed by atoms with Gasteiger partial charge in [0.15, 0.2) is 0 Å². The molecule has 70 valence electrons. The zero-order chi connectivity index (χ0) is 9.47. The molecule has 2 nitrogen and oxygen atoms in total. The van der Waals surface area contributed by atoms with Gasteiger partial charge in [-0.1, -0.05) is 19.1 Å². The van der Waals surface area contributed by atoms with E-state index >= 15 is 0 Å². The Kier molecular flexibility index (Phi) is 1.81. The Morgan fingerprint density at radius 2 is 1.92 bits per heavy atom. The van der Waals surface area contributed by atoms with Crippen molar-refractivity contribution >= 4 is 0 Å².